The third-order valence-corrected chi connectivity index (χ3v) is 8.44. The molecular formula is C29H23ClN4O4. The van der Waals surface area contributed by atoms with Crippen LogP contribution in [0.2, 0.25) is 5.02 Å². The minimum Gasteiger partial charge on any atom is -0.497 e. The molecule has 0 saturated carbocycles. The SMILES string of the molecule is COc1cccc(N2C(=O)[C@@H]3[C@H](Cc4c[nH]c5ccccc45)N[C@]4(C(=O)Nc5c(Cl)cccc54)[C@H]3C2=O)c1. The third-order valence-electron chi connectivity index (χ3n) is 8.13. The number of nitrogens with one attached hydrogen (secondary N) is 3. The summed E-state index contributed by atoms with van der Waals surface area (Å²) in [6, 6.07) is 19.5. The largest absolute Gasteiger partial charge is 0.497 e. The highest BCUT2D eigenvalue weighted by atomic mass is 35.5. The van der Waals surface area contributed by atoms with Crippen molar-refractivity contribution in [2.45, 2.75) is 18.0 Å². The Kier molecular flexibility index (Phi) is 4.95. The summed E-state index contributed by atoms with van der Waals surface area (Å²) in [6.45, 7) is 0. The molecule has 2 fully saturated rings. The number of carbonyl (C=O) groups is 3. The van der Waals surface area contributed by atoms with E-state index in [1.807, 2.05) is 30.5 Å². The molecular weight excluding hydrogens is 504 g/mol. The van der Waals surface area contributed by atoms with E-state index in [1.165, 1.54) is 12.0 Å². The lowest BCUT2D eigenvalue weighted by atomic mass is 9.76. The number of ether oxygens (including phenoxy) is 1. The van der Waals surface area contributed by atoms with E-state index >= 15 is 0 Å². The highest BCUT2D eigenvalue weighted by molar-refractivity contribution is 6.35. The smallest absolute Gasteiger partial charge is 0.250 e. The predicted molar refractivity (Wildman–Crippen MR) is 143 cm³/mol. The van der Waals surface area contributed by atoms with Crippen LogP contribution in [0.4, 0.5) is 11.4 Å². The van der Waals surface area contributed by atoms with Gasteiger partial charge in [-0.1, -0.05) is 48.0 Å². The molecule has 4 aromatic rings. The van der Waals surface area contributed by atoms with E-state index in [9.17, 15) is 14.4 Å². The lowest BCUT2D eigenvalue weighted by molar-refractivity contribution is -0.130. The van der Waals surface area contributed by atoms with Crippen molar-refractivity contribution in [2.75, 3.05) is 17.3 Å². The van der Waals surface area contributed by atoms with Crippen molar-refractivity contribution < 1.29 is 19.1 Å². The van der Waals surface area contributed by atoms with Crippen molar-refractivity contribution >= 4 is 51.6 Å². The number of benzene rings is 3. The van der Waals surface area contributed by atoms with Crippen LogP contribution in [0, 0.1) is 11.8 Å². The summed E-state index contributed by atoms with van der Waals surface area (Å²) < 4.78 is 5.34. The van der Waals surface area contributed by atoms with Crippen molar-refractivity contribution in [1.29, 1.82) is 0 Å². The van der Waals surface area contributed by atoms with Gasteiger partial charge in [-0.25, -0.2) is 4.90 Å². The summed E-state index contributed by atoms with van der Waals surface area (Å²) in [6.07, 6.45) is 2.37. The fourth-order valence-electron chi connectivity index (χ4n) is 6.51. The average Bonchev–Trinajstić information content (AvgIpc) is 3.64. The van der Waals surface area contributed by atoms with Crippen LogP contribution in [0.15, 0.2) is 72.9 Å². The van der Waals surface area contributed by atoms with E-state index in [2.05, 4.69) is 15.6 Å². The van der Waals surface area contributed by atoms with Gasteiger partial charge in [0, 0.05) is 34.8 Å². The number of methoxy groups -OCH3 is 1. The molecule has 3 aliphatic rings. The average molecular weight is 527 g/mol. The fourth-order valence-corrected chi connectivity index (χ4v) is 6.73. The number of para-hydroxylation sites is 2. The van der Waals surface area contributed by atoms with E-state index in [0.717, 1.165) is 16.5 Å². The van der Waals surface area contributed by atoms with Gasteiger partial charge in [0.1, 0.15) is 11.3 Å². The van der Waals surface area contributed by atoms with E-state index in [0.29, 0.717) is 34.1 Å². The zero-order valence-electron chi connectivity index (χ0n) is 20.3. The van der Waals surface area contributed by atoms with Gasteiger partial charge < -0.3 is 15.0 Å². The Morgan fingerprint density at radius 2 is 1.82 bits per heavy atom. The minimum absolute atomic E-state index is 0.342. The summed E-state index contributed by atoms with van der Waals surface area (Å²) >= 11 is 6.46. The Labute approximate surface area is 222 Å². The van der Waals surface area contributed by atoms with Crippen LogP contribution in [0.3, 0.4) is 0 Å². The van der Waals surface area contributed by atoms with E-state index in [1.54, 1.807) is 42.5 Å². The molecule has 1 aromatic heterocycles. The number of H-pyrrole nitrogens is 1. The fraction of sp³-hybridized carbons (Fsp3) is 0.207. The number of hydrogen-bond acceptors (Lipinski definition) is 5. The summed E-state index contributed by atoms with van der Waals surface area (Å²) in [4.78, 5) is 46.5. The van der Waals surface area contributed by atoms with Crippen molar-refractivity contribution in [3.8, 4) is 5.75 Å². The molecule has 38 heavy (non-hydrogen) atoms. The molecule has 0 aliphatic carbocycles. The molecule has 190 valence electrons. The highest BCUT2D eigenvalue weighted by Crippen LogP contribution is 2.55. The van der Waals surface area contributed by atoms with Gasteiger partial charge in [-0.15, -0.1) is 0 Å². The standard InChI is InChI=1S/C29H23ClN4O4/c1-38-17-7-4-6-16(13-17)34-26(35)23-22(12-15-14-31-21-11-3-2-8-18(15)21)33-29(24(23)27(34)36)19-9-5-10-20(30)25(19)32-28(29)37/h2-11,13-14,22-24,31,33H,12H2,1H3,(H,32,37)/t22-,23+,24+,29-/m0/s1. The van der Waals surface area contributed by atoms with Crippen LogP contribution >= 0.6 is 11.6 Å². The molecule has 3 amide bonds. The topological polar surface area (TPSA) is 104 Å². The summed E-state index contributed by atoms with van der Waals surface area (Å²) in [5.41, 5.74) is 2.02. The summed E-state index contributed by atoms with van der Waals surface area (Å²) in [5, 5.41) is 7.79. The predicted octanol–water partition coefficient (Wildman–Crippen LogP) is 4.00. The number of amides is 3. The molecule has 9 heteroatoms. The first-order valence-corrected chi connectivity index (χ1v) is 12.8. The maximum Gasteiger partial charge on any atom is 0.250 e. The van der Waals surface area contributed by atoms with E-state index in [4.69, 9.17) is 16.3 Å². The van der Waals surface area contributed by atoms with Crippen LogP contribution < -0.4 is 20.3 Å². The normalized spacial score (nSPS) is 25.8. The number of fused-ring (bicyclic) bond motifs is 5. The number of aromatic nitrogens is 1. The second kappa shape index (κ2) is 8.18. The minimum atomic E-state index is -1.43. The Bertz CT molecular complexity index is 1670. The molecule has 4 atom stereocenters. The van der Waals surface area contributed by atoms with Gasteiger partial charge >= 0.3 is 0 Å². The maximum absolute atomic E-state index is 14.2. The summed E-state index contributed by atoms with van der Waals surface area (Å²) in [7, 11) is 1.53. The van der Waals surface area contributed by atoms with Gasteiger partial charge in [-0.3, -0.25) is 19.7 Å². The molecule has 3 aromatic carbocycles. The second-order valence-electron chi connectivity index (χ2n) is 9.96. The number of carbonyl (C=O) groups excluding carboxylic acids is 3. The molecule has 3 aliphatic heterocycles. The first-order chi connectivity index (χ1) is 18.4. The number of halogens is 1. The monoisotopic (exact) mass is 526 g/mol. The van der Waals surface area contributed by atoms with E-state index in [-0.39, 0.29) is 11.8 Å². The van der Waals surface area contributed by atoms with Crippen LogP contribution in [0.1, 0.15) is 11.1 Å². The van der Waals surface area contributed by atoms with Gasteiger partial charge in [0.15, 0.2) is 0 Å². The molecule has 0 unspecified atom stereocenters. The van der Waals surface area contributed by atoms with Crippen molar-refractivity contribution in [2.24, 2.45) is 11.8 Å². The number of aromatic amines is 1. The van der Waals surface area contributed by atoms with Crippen LogP contribution in [-0.2, 0) is 26.3 Å². The van der Waals surface area contributed by atoms with Gasteiger partial charge in [0.2, 0.25) is 17.7 Å². The van der Waals surface area contributed by atoms with Gasteiger partial charge in [0.25, 0.3) is 0 Å². The van der Waals surface area contributed by atoms with Gasteiger partial charge in [-0.2, -0.15) is 0 Å². The maximum atomic E-state index is 14.2. The lowest BCUT2D eigenvalue weighted by Gasteiger charge is -2.29. The first kappa shape index (κ1) is 23.0. The Hall–Kier alpha value is -4.14. The van der Waals surface area contributed by atoms with Crippen molar-refractivity contribution in [1.82, 2.24) is 10.3 Å². The molecule has 4 heterocycles. The van der Waals surface area contributed by atoms with Gasteiger partial charge in [-0.05, 0) is 36.2 Å². The second-order valence-corrected chi connectivity index (χ2v) is 10.4. The zero-order chi connectivity index (χ0) is 26.2. The Balaban J connectivity index is 1.38. The number of rotatable bonds is 4. The Morgan fingerprint density at radius 3 is 2.66 bits per heavy atom. The Morgan fingerprint density at radius 1 is 1.00 bits per heavy atom. The van der Waals surface area contributed by atoms with Crippen molar-refractivity contribution in [3.63, 3.8) is 0 Å². The molecule has 0 bridgehead atoms. The lowest BCUT2D eigenvalue weighted by Crippen LogP contribution is -2.53. The number of nitrogens with zero attached hydrogens (tertiary/aromatic N) is 1. The van der Waals surface area contributed by atoms with Crippen LogP contribution in [-0.4, -0.2) is 35.9 Å². The summed E-state index contributed by atoms with van der Waals surface area (Å²) in [5.74, 6) is -2.34. The third kappa shape index (κ3) is 2.98. The van der Waals surface area contributed by atoms with Crippen molar-refractivity contribution in [3.05, 3.63) is 89.1 Å². The quantitative estimate of drug-likeness (QED) is 0.349. The van der Waals surface area contributed by atoms with Gasteiger partial charge in [0.05, 0.1) is 35.3 Å². The molecule has 8 nitrogen and oxygen atoms in total. The van der Waals surface area contributed by atoms with Crippen LogP contribution in [0.5, 0.6) is 5.75 Å². The number of hydrogen-bond donors (Lipinski definition) is 3. The molecule has 7 rings (SSSR count). The zero-order valence-corrected chi connectivity index (χ0v) is 21.1. The molecule has 1 spiro atoms. The molecule has 2 saturated heterocycles. The highest BCUT2D eigenvalue weighted by Gasteiger charge is 2.70. The molecule has 3 N–H and O–H groups in total. The van der Waals surface area contributed by atoms with Crippen LogP contribution in [0.25, 0.3) is 10.9 Å². The van der Waals surface area contributed by atoms with E-state index < -0.39 is 29.3 Å². The first-order valence-electron chi connectivity index (χ1n) is 12.4. The molecule has 0 radical (unpaired) electrons. The number of imide groups is 1. The number of anilines is 2.